The van der Waals surface area contributed by atoms with Crippen LogP contribution in [0.5, 0.6) is 0 Å². The van der Waals surface area contributed by atoms with Crippen LogP contribution >= 0.6 is 23.4 Å². The summed E-state index contributed by atoms with van der Waals surface area (Å²) in [5.74, 6) is -0.297. The molecule has 0 spiro atoms. The highest BCUT2D eigenvalue weighted by atomic mass is 35.5. The first-order chi connectivity index (χ1) is 11.5. The summed E-state index contributed by atoms with van der Waals surface area (Å²) in [6.45, 7) is 2.48. The molecule has 8 heteroatoms. The van der Waals surface area contributed by atoms with Crippen LogP contribution in [0.2, 0.25) is 5.02 Å². The Balaban J connectivity index is 1.86. The Bertz CT molecular complexity index is 579. The van der Waals surface area contributed by atoms with Gasteiger partial charge in [0.05, 0.1) is 0 Å². The van der Waals surface area contributed by atoms with Crippen molar-refractivity contribution in [3.05, 3.63) is 29.3 Å². The monoisotopic (exact) mass is 371 g/mol. The fourth-order valence-corrected chi connectivity index (χ4v) is 3.23. The van der Waals surface area contributed by atoms with Crippen molar-refractivity contribution >= 4 is 41.1 Å². The number of carbonyl (C=O) groups excluding carboxylic acids is 1. The summed E-state index contributed by atoms with van der Waals surface area (Å²) in [7, 11) is 0. The standard InChI is InChI=1S/C16H22ClN3O3S/c1-24-10-5-14(15(21)22)18-16(23)20-8-6-19(7-9-20)13-4-2-3-12(17)11-13/h2-4,11,14H,5-10H2,1H3,(H,18,23)(H,21,22)/t14-/m0/s1. The predicted molar refractivity (Wildman–Crippen MR) is 98.2 cm³/mol. The summed E-state index contributed by atoms with van der Waals surface area (Å²) in [5.41, 5.74) is 1.03. The average Bonchev–Trinajstić information content (AvgIpc) is 2.58. The van der Waals surface area contributed by atoms with Gasteiger partial charge in [-0.05, 0) is 36.6 Å². The maximum absolute atomic E-state index is 12.3. The van der Waals surface area contributed by atoms with Crippen LogP contribution in [-0.4, -0.2) is 66.2 Å². The third-order valence-electron chi connectivity index (χ3n) is 3.95. The number of nitrogens with zero attached hydrogens (tertiary/aromatic N) is 2. The van der Waals surface area contributed by atoms with Gasteiger partial charge in [-0.15, -0.1) is 0 Å². The molecule has 1 aliphatic heterocycles. The van der Waals surface area contributed by atoms with E-state index in [4.69, 9.17) is 11.6 Å². The van der Waals surface area contributed by atoms with Crippen molar-refractivity contribution in [3.8, 4) is 0 Å². The van der Waals surface area contributed by atoms with Crippen molar-refractivity contribution in [1.82, 2.24) is 10.2 Å². The second-order valence-corrected chi connectivity index (χ2v) is 7.00. The van der Waals surface area contributed by atoms with Crippen molar-refractivity contribution < 1.29 is 14.7 Å². The molecule has 1 aromatic carbocycles. The summed E-state index contributed by atoms with van der Waals surface area (Å²) in [6.07, 6.45) is 2.33. The van der Waals surface area contributed by atoms with E-state index in [1.165, 1.54) is 0 Å². The van der Waals surface area contributed by atoms with E-state index >= 15 is 0 Å². The molecule has 1 saturated heterocycles. The largest absolute Gasteiger partial charge is 0.480 e. The number of rotatable bonds is 6. The molecule has 0 aliphatic carbocycles. The zero-order valence-corrected chi connectivity index (χ0v) is 15.1. The lowest BCUT2D eigenvalue weighted by Crippen LogP contribution is -2.54. The molecule has 1 aromatic rings. The van der Waals surface area contributed by atoms with E-state index in [-0.39, 0.29) is 6.03 Å². The molecule has 2 rings (SSSR count). The Hall–Kier alpha value is -1.60. The lowest BCUT2D eigenvalue weighted by molar-refractivity contribution is -0.139. The molecule has 0 aromatic heterocycles. The van der Waals surface area contributed by atoms with Gasteiger partial charge in [-0.2, -0.15) is 11.8 Å². The van der Waals surface area contributed by atoms with E-state index in [0.29, 0.717) is 43.4 Å². The SMILES string of the molecule is CSCC[C@H](NC(=O)N1CCN(c2cccc(Cl)c2)CC1)C(=O)O. The fraction of sp³-hybridized carbons (Fsp3) is 0.500. The second kappa shape index (κ2) is 9.03. The summed E-state index contributed by atoms with van der Waals surface area (Å²) >= 11 is 7.58. The molecule has 24 heavy (non-hydrogen) atoms. The van der Waals surface area contributed by atoms with Crippen molar-refractivity contribution in [1.29, 1.82) is 0 Å². The highest BCUT2D eigenvalue weighted by Crippen LogP contribution is 2.20. The fourth-order valence-electron chi connectivity index (χ4n) is 2.57. The highest BCUT2D eigenvalue weighted by molar-refractivity contribution is 7.98. The summed E-state index contributed by atoms with van der Waals surface area (Å²) in [4.78, 5) is 27.3. The zero-order chi connectivity index (χ0) is 17.5. The number of anilines is 1. The van der Waals surface area contributed by atoms with Gasteiger partial charge in [0.2, 0.25) is 0 Å². The smallest absolute Gasteiger partial charge is 0.326 e. The normalized spacial score (nSPS) is 15.9. The number of piperazine rings is 1. The first-order valence-corrected chi connectivity index (χ1v) is 9.56. The number of amides is 2. The van der Waals surface area contributed by atoms with Crippen LogP contribution in [-0.2, 0) is 4.79 Å². The Morgan fingerprint density at radius 1 is 1.33 bits per heavy atom. The Kier molecular flexibility index (Phi) is 7.05. The molecule has 1 fully saturated rings. The van der Waals surface area contributed by atoms with Crippen molar-refractivity contribution in [2.24, 2.45) is 0 Å². The van der Waals surface area contributed by atoms with Crippen LogP contribution < -0.4 is 10.2 Å². The molecular weight excluding hydrogens is 350 g/mol. The number of carbonyl (C=O) groups is 2. The Morgan fingerprint density at radius 2 is 2.04 bits per heavy atom. The van der Waals surface area contributed by atoms with Crippen molar-refractivity contribution in [2.75, 3.05) is 43.1 Å². The van der Waals surface area contributed by atoms with Gasteiger partial charge in [0, 0.05) is 36.9 Å². The van der Waals surface area contributed by atoms with Crippen molar-refractivity contribution in [3.63, 3.8) is 0 Å². The molecule has 0 bridgehead atoms. The molecule has 0 saturated carbocycles. The van der Waals surface area contributed by atoms with Crippen LogP contribution in [0.1, 0.15) is 6.42 Å². The van der Waals surface area contributed by atoms with Crippen LogP contribution in [0.15, 0.2) is 24.3 Å². The van der Waals surface area contributed by atoms with Gasteiger partial charge in [0.25, 0.3) is 0 Å². The Morgan fingerprint density at radius 3 is 2.62 bits per heavy atom. The first kappa shape index (κ1) is 18.7. The van der Waals surface area contributed by atoms with E-state index in [2.05, 4.69) is 10.2 Å². The molecule has 0 radical (unpaired) electrons. The molecular formula is C16H22ClN3O3S. The molecule has 1 aliphatic rings. The van der Waals surface area contributed by atoms with Crippen LogP contribution in [0, 0.1) is 0 Å². The number of benzene rings is 1. The number of hydrogen-bond donors (Lipinski definition) is 2. The second-order valence-electron chi connectivity index (χ2n) is 5.58. The highest BCUT2D eigenvalue weighted by Gasteiger charge is 2.25. The van der Waals surface area contributed by atoms with Gasteiger partial charge in [-0.3, -0.25) is 0 Å². The topological polar surface area (TPSA) is 72.9 Å². The predicted octanol–water partition coefficient (Wildman–Crippen LogP) is 2.38. The van der Waals surface area contributed by atoms with Gasteiger partial charge < -0.3 is 20.2 Å². The van der Waals surface area contributed by atoms with E-state index in [0.717, 1.165) is 5.69 Å². The molecule has 2 amide bonds. The van der Waals surface area contributed by atoms with E-state index in [1.54, 1.807) is 16.7 Å². The molecule has 132 valence electrons. The Labute approximate surface area is 151 Å². The number of halogens is 1. The number of aliphatic carboxylic acids is 1. The number of thioether (sulfide) groups is 1. The number of carboxylic acid groups (broad SMARTS) is 1. The minimum Gasteiger partial charge on any atom is -0.480 e. The molecule has 0 unspecified atom stereocenters. The minimum absolute atomic E-state index is 0.311. The van der Waals surface area contributed by atoms with Gasteiger partial charge in [-0.1, -0.05) is 17.7 Å². The maximum Gasteiger partial charge on any atom is 0.326 e. The zero-order valence-electron chi connectivity index (χ0n) is 13.6. The number of nitrogens with one attached hydrogen (secondary N) is 1. The van der Waals surface area contributed by atoms with Gasteiger partial charge in [0.1, 0.15) is 6.04 Å². The molecule has 6 nitrogen and oxygen atoms in total. The summed E-state index contributed by atoms with van der Waals surface area (Å²) < 4.78 is 0. The molecule has 2 N–H and O–H groups in total. The number of hydrogen-bond acceptors (Lipinski definition) is 4. The third-order valence-corrected chi connectivity index (χ3v) is 4.83. The van der Waals surface area contributed by atoms with Gasteiger partial charge in [-0.25, -0.2) is 9.59 Å². The maximum atomic E-state index is 12.3. The van der Waals surface area contributed by atoms with E-state index in [9.17, 15) is 14.7 Å². The summed E-state index contributed by atoms with van der Waals surface area (Å²) in [5, 5.41) is 12.5. The molecule has 1 heterocycles. The van der Waals surface area contributed by atoms with E-state index < -0.39 is 12.0 Å². The lowest BCUT2D eigenvalue weighted by Gasteiger charge is -2.36. The van der Waals surface area contributed by atoms with Crippen LogP contribution in [0.3, 0.4) is 0 Å². The first-order valence-electron chi connectivity index (χ1n) is 7.79. The minimum atomic E-state index is -0.991. The summed E-state index contributed by atoms with van der Waals surface area (Å²) in [6, 6.07) is 6.48. The number of carboxylic acids is 1. The van der Waals surface area contributed by atoms with Crippen LogP contribution in [0.4, 0.5) is 10.5 Å². The lowest BCUT2D eigenvalue weighted by atomic mass is 10.2. The van der Waals surface area contributed by atoms with Gasteiger partial charge in [0.15, 0.2) is 0 Å². The average molecular weight is 372 g/mol. The van der Waals surface area contributed by atoms with Gasteiger partial charge >= 0.3 is 12.0 Å². The molecule has 1 atom stereocenters. The van der Waals surface area contributed by atoms with E-state index in [1.807, 2.05) is 30.5 Å². The van der Waals surface area contributed by atoms with Crippen molar-refractivity contribution in [2.45, 2.75) is 12.5 Å². The quantitative estimate of drug-likeness (QED) is 0.803. The number of urea groups is 1. The third kappa shape index (κ3) is 5.21. The van der Waals surface area contributed by atoms with Crippen LogP contribution in [0.25, 0.3) is 0 Å².